The van der Waals surface area contributed by atoms with Crippen LogP contribution in [-0.4, -0.2) is 17.3 Å². The fourth-order valence-electron chi connectivity index (χ4n) is 1.60. The van der Waals surface area contributed by atoms with Gasteiger partial charge >= 0.3 is 12.4 Å². The SMILES string of the molecule is O=C(/C=C(\O)c1c(C(F)(F)F)cc(Cl)cc1C(F)(F)F)C(F)F. The first-order valence-corrected chi connectivity index (χ1v) is 5.84. The monoisotopic (exact) mass is 368 g/mol. The van der Waals surface area contributed by atoms with Crippen LogP contribution < -0.4 is 0 Å². The Bertz CT molecular complexity index is 610. The Labute approximate surface area is 128 Å². The molecule has 1 aromatic rings. The summed E-state index contributed by atoms with van der Waals surface area (Å²) >= 11 is 5.21. The highest BCUT2D eigenvalue weighted by Crippen LogP contribution is 2.43. The summed E-state index contributed by atoms with van der Waals surface area (Å²) in [6.07, 6.45) is -14.9. The molecule has 1 rings (SSSR count). The Kier molecular flexibility index (Phi) is 5.30. The van der Waals surface area contributed by atoms with Gasteiger partial charge in [0.2, 0.25) is 5.78 Å². The predicted molar refractivity (Wildman–Crippen MR) is 63.1 cm³/mol. The number of aliphatic hydroxyl groups excluding tert-OH is 1. The Morgan fingerprint density at radius 3 is 1.74 bits per heavy atom. The second-order valence-corrected chi connectivity index (χ2v) is 4.54. The van der Waals surface area contributed by atoms with E-state index >= 15 is 0 Å². The number of rotatable bonds is 3. The van der Waals surface area contributed by atoms with Gasteiger partial charge in [-0.3, -0.25) is 4.79 Å². The van der Waals surface area contributed by atoms with E-state index in [0.717, 1.165) is 0 Å². The maximum Gasteiger partial charge on any atom is 0.417 e. The molecule has 0 amide bonds. The molecule has 0 aliphatic rings. The highest BCUT2D eigenvalue weighted by atomic mass is 35.5. The molecule has 0 spiro atoms. The minimum absolute atomic E-state index is 0.0725. The zero-order valence-electron chi connectivity index (χ0n) is 10.6. The third kappa shape index (κ3) is 4.57. The fourth-order valence-corrected chi connectivity index (χ4v) is 1.82. The Balaban J connectivity index is 3.76. The molecule has 0 fully saturated rings. The standard InChI is InChI=1S/C12H5ClF8O2/c13-4-1-5(11(16,17)18)9(6(2-4)12(19,20)21)7(22)3-8(23)10(14)15/h1-3,10,22H/b7-3-. The van der Waals surface area contributed by atoms with Gasteiger partial charge in [0.05, 0.1) is 11.1 Å². The number of aliphatic hydroxyl groups is 1. The Hall–Kier alpha value is -1.84. The fraction of sp³-hybridized carbons (Fsp3) is 0.250. The van der Waals surface area contributed by atoms with Gasteiger partial charge in [0, 0.05) is 16.7 Å². The van der Waals surface area contributed by atoms with Gasteiger partial charge in [-0.05, 0) is 12.1 Å². The number of carbonyl (C=O) groups excluding carboxylic acids is 1. The highest BCUT2D eigenvalue weighted by Gasteiger charge is 2.42. The topological polar surface area (TPSA) is 37.3 Å². The van der Waals surface area contributed by atoms with E-state index in [0.29, 0.717) is 0 Å². The molecular formula is C12H5ClF8O2. The van der Waals surface area contributed by atoms with Crippen LogP contribution in [0.25, 0.3) is 5.76 Å². The first-order valence-electron chi connectivity index (χ1n) is 5.46. The molecule has 0 aromatic heterocycles. The molecule has 2 nitrogen and oxygen atoms in total. The van der Waals surface area contributed by atoms with E-state index < -0.39 is 58.1 Å². The highest BCUT2D eigenvalue weighted by molar-refractivity contribution is 6.30. The molecule has 23 heavy (non-hydrogen) atoms. The lowest BCUT2D eigenvalue weighted by molar-refractivity contribution is -0.143. The first kappa shape index (κ1) is 19.2. The third-order valence-electron chi connectivity index (χ3n) is 2.46. The maximum atomic E-state index is 12.9. The zero-order valence-corrected chi connectivity index (χ0v) is 11.3. The molecule has 0 heterocycles. The maximum absolute atomic E-state index is 12.9. The van der Waals surface area contributed by atoms with E-state index in [1.165, 1.54) is 0 Å². The molecule has 0 aliphatic heterocycles. The number of hydrogen-bond acceptors (Lipinski definition) is 2. The minimum Gasteiger partial charge on any atom is -0.507 e. The molecule has 1 N–H and O–H groups in total. The quantitative estimate of drug-likeness (QED) is 0.457. The summed E-state index contributed by atoms with van der Waals surface area (Å²) in [5.74, 6) is -4.05. The number of ketones is 1. The molecule has 0 aliphatic carbocycles. The molecule has 0 saturated heterocycles. The van der Waals surface area contributed by atoms with Crippen LogP contribution in [0, 0.1) is 0 Å². The van der Waals surface area contributed by atoms with Crippen LogP contribution in [0.15, 0.2) is 18.2 Å². The number of allylic oxidation sites excluding steroid dienone is 1. The lowest BCUT2D eigenvalue weighted by atomic mass is 9.97. The van der Waals surface area contributed by atoms with E-state index in [1.54, 1.807) is 0 Å². The van der Waals surface area contributed by atoms with Gasteiger partial charge < -0.3 is 5.11 Å². The molecule has 1 aromatic carbocycles. The van der Waals surface area contributed by atoms with Crippen LogP contribution in [-0.2, 0) is 17.1 Å². The van der Waals surface area contributed by atoms with Crippen molar-refractivity contribution < 1.29 is 45.0 Å². The van der Waals surface area contributed by atoms with Crippen LogP contribution in [0.3, 0.4) is 0 Å². The summed E-state index contributed by atoms with van der Waals surface area (Å²) in [7, 11) is 0. The van der Waals surface area contributed by atoms with E-state index in [4.69, 9.17) is 11.6 Å². The third-order valence-corrected chi connectivity index (χ3v) is 2.68. The smallest absolute Gasteiger partial charge is 0.417 e. The summed E-state index contributed by atoms with van der Waals surface area (Å²) < 4.78 is 101. The first-order chi connectivity index (χ1) is 10.2. The predicted octanol–water partition coefficient (Wildman–Crippen LogP) is 5.11. The van der Waals surface area contributed by atoms with Crippen LogP contribution in [0.2, 0.25) is 5.02 Å². The number of hydrogen-bond donors (Lipinski definition) is 1. The number of alkyl halides is 8. The molecular weight excluding hydrogens is 364 g/mol. The van der Waals surface area contributed by atoms with E-state index in [1.807, 2.05) is 0 Å². The second-order valence-electron chi connectivity index (χ2n) is 4.10. The molecule has 0 radical (unpaired) electrons. The summed E-state index contributed by atoms with van der Waals surface area (Å²) in [6.45, 7) is 0. The van der Waals surface area contributed by atoms with Crippen molar-refractivity contribution in [3.8, 4) is 0 Å². The molecule has 0 atom stereocenters. The second kappa shape index (κ2) is 6.34. The van der Waals surface area contributed by atoms with Gasteiger partial charge in [0.25, 0.3) is 6.43 Å². The average Bonchev–Trinajstić information content (AvgIpc) is 2.35. The van der Waals surface area contributed by atoms with Crippen LogP contribution >= 0.6 is 11.6 Å². The van der Waals surface area contributed by atoms with E-state index in [-0.39, 0.29) is 12.1 Å². The van der Waals surface area contributed by atoms with Crippen molar-refractivity contribution in [3.05, 3.63) is 39.9 Å². The van der Waals surface area contributed by atoms with Crippen LogP contribution in [0.5, 0.6) is 0 Å². The summed E-state index contributed by atoms with van der Waals surface area (Å²) in [5.41, 5.74) is -5.90. The molecule has 11 heteroatoms. The molecule has 0 bridgehead atoms. The number of benzene rings is 1. The van der Waals surface area contributed by atoms with Gasteiger partial charge in [-0.25, -0.2) is 8.78 Å². The van der Waals surface area contributed by atoms with Crippen molar-refractivity contribution in [1.82, 2.24) is 0 Å². The molecule has 0 saturated carbocycles. The Morgan fingerprint density at radius 2 is 1.43 bits per heavy atom. The van der Waals surface area contributed by atoms with Crippen LogP contribution in [0.4, 0.5) is 35.1 Å². The summed E-state index contributed by atoms with van der Waals surface area (Å²) in [5, 5.41) is 8.44. The lowest BCUT2D eigenvalue weighted by Gasteiger charge is -2.18. The Morgan fingerprint density at radius 1 is 1.04 bits per heavy atom. The largest absolute Gasteiger partial charge is 0.507 e. The van der Waals surface area contributed by atoms with Crippen molar-refractivity contribution in [2.24, 2.45) is 0 Å². The van der Waals surface area contributed by atoms with Crippen molar-refractivity contribution in [2.75, 3.05) is 0 Å². The van der Waals surface area contributed by atoms with Crippen molar-refractivity contribution in [2.45, 2.75) is 18.8 Å². The van der Waals surface area contributed by atoms with E-state index in [9.17, 15) is 45.0 Å². The van der Waals surface area contributed by atoms with Gasteiger partial charge in [0.15, 0.2) is 0 Å². The lowest BCUT2D eigenvalue weighted by Crippen LogP contribution is -2.17. The van der Waals surface area contributed by atoms with Gasteiger partial charge in [0.1, 0.15) is 5.76 Å². The molecule has 128 valence electrons. The minimum atomic E-state index is -5.39. The zero-order chi connectivity index (χ0) is 18.2. The normalized spacial score (nSPS) is 13.6. The van der Waals surface area contributed by atoms with Crippen molar-refractivity contribution in [3.63, 3.8) is 0 Å². The number of carbonyl (C=O) groups is 1. The van der Waals surface area contributed by atoms with Gasteiger partial charge in [-0.2, -0.15) is 26.3 Å². The van der Waals surface area contributed by atoms with Gasteiger partial charge in [-0.1, -0.05) is 11.6 Å². The van der Waals surface area contributed by atoms with Crippen LogP contribution in [0.1, 0.15) is 16.7 Å². The van der Waals surface area contributed by atoms with Crippen molar-refractivity contribution in [1.29, 1.82) is 0 Å². The van der Waals surface area contributed by atoms with E-state index in [2.05, 4.69) is 0 Å². The molecule has 0 unspecified atom stereocenters. The van der Waals surface area contributed by atoms with Gasteiger partial charge in [-0.15, -0.1) is 0 Å². The summed E-state index contributed by atoms with van der Waals surface area (Å²) in [6, 6.07) is 0.145. The number of halogens is 9. The summed E-state index contributed by atoms with van der Waals surface area (Å²) in [4.78, 5) is 10.7. The average molecular weight is 369 g/mol. The van der Waals surface area contributed by atoms with Crippen molar-refractivity contribution >= 4 is 23.1 Å².